The van der Waals surface area contributed by atoms with Gasteiger partial charge in [-0.15, -0.1) is 0 Å². The van der Waals surface area contributed by atoms with E-state index < -0.39 is 0 Å². The van der Waals surface area contributed by atoms with Crippen molar-refractivity contribution in [3.8, 4) is 28.4 Å². The van der Waals surface area contributed by atoms with E-state index in [-0.39, 0.29) is 16.2 Å². The fraction of sp³-hybridized carbons (Fsp3) is 0.172. The number of ether oxygens (including phenoxy) is 1. The van der Waals surface area contributed by atoms with E-state index in [9.17, 15) is 0 Å². The van der Waals surface area contributed by atoms with Crippen LogP contribution in [0, 0.1) is 0 Å². The topological polar surface area (TPSA) is 33.5 Å². The van der Waals surface area contributed by atoms with Gasteiger partial charge in [0.25, 0.3) is 0 Å². The number of fused-ring (bicyclic) bond motifs is 4. The summed E-state index contributed by atoms with van der Waals surface area (Å²) in [6, 6.07) is 74.4. The first-order valence-corrected chi connectivity index (χ1v) is 24.1. The summed E-state index contributed by atoms with van der Waals surface area (Å²) in [6.07, 6.45) is 1.95. The Morgan fingerprint density at radius 1 is 0.435 bits per heavy atom. The average molecular weight is 899 g/mol. The summed E-state index contributed by atoms with van der Waals surface area (Å²) < 4.78 is 9.63. The smallest absolute Gasteiger partial charge is 0.137 e. The summed E-state index contributed by atoms with van der Waals surface area (Å²) >= 11 is 0. The van der Waals surface area contributed by atoms with Crippen LogP contribution in [0.15, 0.2) is 212 Å². The number of hydrogen-bond donors (Lipinski definition) is 0. The molecule has 0 amide bonds. The maximum atomic E-state index is 7.32. The number of anilines is 4. The van der Waals surface area contributed by atoms with E-state index in [1.807, 2.05) is 6.20 Å². The van der Waals surface area contributed by atoms with Crippen LogP contribution in [-0.4, -0.2) is 16.2 Å². The molecule has 0 atom stereocenters. The van der Waals surface area contributed by atoms with Crippen molar-refractivity contribution in [2.75, 3.05) is 16.5 Å². The van der Waals surface area contributed by atoms with Gasteiger partial charge in [0.2, 0.25) is 0 Å². The van der Waals surface area contributed by atoms with Gasteiger partial charge in [-0.25, -0.2) is 4.98 Å². The predicted molar refractivity (Wildman–Crippen MR) is 288 cm³/mol. The van der Waals surface area contributed by atoms with Crippen molar-refractivity contribution in [2.24, 2.45) is 0 Å². The second-order valence-corrected chi connectivity index (χ2v) is 20.6. The Hall–Kier alpha value is -7.89. The van der Waals surface area contributed by atoms with Crippen LogP contribution in [-0.2, 0) is 16.2 Å². The number of nitrogens with zero attached hydrogens (tertiary/aromatic N) is 4. The van der Waals surface area contributed by atoms with Crippen LogP contribution in [0.3, 0.4) is 0 Å². The van der Waals surface area contributed by atoms with E-state index in [2.05, 4.69) is 269 Å². The molecule has 0 aliphatic carbocycles. The van der Waals surface area contributed by atoms with Crippen molar-refractivity contribution in [1.82, 2.24) is 9.55 Å². The van der Waals surface area contributed by atoms with Gasteiger partial charge in [-0.1, -0.05) is 176 Å². The molecule has 0 fully saturated rings. The zero-order valence-corrected chi connectivity index (χ0v) is 40.6. The monoisotopic (exact) mass is 898 g/mol. The Morgan fingerprint density at radius 2 is 1.06 bits per heavy atom. The molecule has 1 aliphatic rings. The standard InChI is InChI=1S/C64H58N4O/c1-62(2,3)48-26-19-27-50(39-48)66-43-67(58-29-18-17-28-57(58)66)51-31-34-55(64(6,7)47-24-15-10-16-25-47)60(41-51)69-52-32-33-53-54-38-45(44-20-11-8-12-21-44)30-35-56(54)68(59(53)42-52)61-40-49(36-37-65-61)63(4,5)46-22-13-9-14-23-46/h8-42H,43H2,1-7H3. The maximum absolute atomic E-state index is 7.32. The molecule has 0 radical (unpaired) electrons. The molecule has 0 saturated carbocycles. The van der Waals surface area contributed by atoms with E-state index in [0.717, 1.165) is 56.1 Å². The van der Waals surface area contributed by atoms with Crippen molar-refractivity contribution in [1.29, 1.82) is 0 Å². The van der Waals surface area contributed by atoms with Crippen molar-refractivity contribution in [3.63, 3.8) is 0 Å². The zero-order valence-electron chi connectivity index (χ0n) is 40.6. The Balaban J connectivity index is 1.06. The van der Waals surface area contributed by atoms with Crippen LogP contribution >= 0.6 is 0 Å². The molecule has 340 valence electrons. The molecule has 0 unspecified atom stereocenters. The number of hydrogen-bond acceptors (Lipinski definition) is 4. The molecule has 2 aromatic heterocycles. The highest BCUT2D eigenvalue weighted by molar-refractivity contribution is 6.10. The lowest BCUT2D eigenvalue weighted by Crippen LogP contribution is -2.25. The van der Waals surface area contributed by atoms with Crippen LogP contribution in [0.2, 0.25) is 0 Å². The third-order valence-corrected chi connectivity index (χ3v) is 14.5. The number of pyridine rings is 1. The van der Waals surface area contributed by atoms with Crippen LogP contribution in [0.25, 0.3) is 38.8 Å². The molecule has 10 aromatic rings. The lowest BCUT2D eigenvalue weighted by molar-refractivity contribution is 0.462. The second-order valence-electron chi connectivity index (χ2n) is 20.6. The summed E-state index contributed by atoms with van der Waals surface area (Å²) in [6.45, 7) is 16.7. The molecule has 3 heterocycles. The number of aromatic nitrogens is 2. The Morgan fingerprint density at radius 3 is 1.74 bits per heavy atom. The molecule has 0 bridgehead atoms. The Labute approximate surface area is 406 Å². The van der Waals surface area contributed by atoms with Gasteiger partial charge in [0.05, 0.1) is 22.4 Å². The molecule has 5 heteroatoms. The maximum Gasteiger partial charge on any atom is 0.137 e. The first kappa shape index (κ1) is 43.7. The molecule has 5 nitrogen and oxygen atoms in total. The van der Waals surface area contributed by atoms with Crippen molar-refractivity contribution in [3.05, 3.63) is 240 Å². The Kier molecular flexibility index (Phi) is 10.8. The minimum absolute atomic E-state index is 0.0326. The van der Waals surface area contributed by atoms with Crippen molar-refractivity contribution >= 4 is 44.6 Å². The number of para-hydroxylation sites is 2. The number of rotatable bonds is 10. The van der Waals surface area contributed by atoms with Crippen LogP contribution < -0.4 is 14.5 Å². The molecular formula is C64H58N4O. The highest BCUT2D eigenvalue weighted by Gasteiger charge is 2.32. The fourth-order valence-corrected chi connectivity index (χ4v) is 10.3. The summed E-state index contributed by atoms with van der Waals surface area (Å²) in [5, 5.41) is 2.29. The van der Waals surface area contributed by atoms with Gasteiger partial charge in [0.1, 0.15) is 24.0 Å². The predicted octanol–water partition coefficient (Wildman–Crippen LogP) is 16.8. The van der Waals surface area contributed by atoms with E-state index >= 15 is 0 Å². The van der Waals surface area contributed by atoms with Crippen molar-refractivity contribution in [2.45, 2.75) is 64.7 Å². The van der Waals surface area contributed by atoms with Gasteiger partial charge in [0, 0.05) is 56.9 Å². The summed E-state index contributed by atoms with van der Waals surface area (Å²) in [4.78, 5) is 9.93. The van der Waals surface area contributed by atoms with E-state index in [1.165, 1.54) is 44.8 Å². The molecule has 0 spiro atoms. The van der Waals surface area contributed by atoms with E-state index in [1.54, 1.807) is 0 Å². The molecule has 69 heavy (non-hydrogen) atoms. The van der Waals surface area contributed by atoms with Gasteiger partial charge in [-0.2, -0.15) is 0 Å². The van der Waals surface area contributed by atoms with E-state index in [0.29, 0.717) is 6.67 Å². The normalized spacial score (nSPS) is 13.0. The summed E-state index contributed by atoms with van der Waals surface area (Å²) in [5.74, 6) is 2.42. The van der Waals surface area contributed by atoms with Gasteiger partial charge in [-0.3, -0.25) is 4.57 Å². The Bertz CT molecular complexity index is 3490. The van der Waals surface area contributed by atoms with Crippen LogP contribution in [0.5, 0.6) is 11.5 Å². The quantitative estimate of drug-likeness (QED) is 0.137. The molecular weight excluding hydrogens is 841 g/mol. The van der Waals surface area contributed by atoms with Crippen LogP contribution in [0.4, 0.5) is 22.7 Å². The first-order chi connectivity index (χ1) is 33.3. The molecule has 1 aliphatic heterocycles. The average Bonchev–Trinajstić information content (AvgIpc) is 3.93. The lowest BCUT2D eigenvalue weighted by atomic mass is 9.77. The largest absolute Gasteiger partial charge is 0.457 e. The summed E-state index contributed by atoms with van der Waals surface area (Å²) in [5.41, 5.74) is 14.5. The second kappa shape index (κ2) is 17.0. The fourth-order valence-electron chi connectivity index (χ4n) is 10.3. The highest BCUT2D eigenvalue weighted by atomic mass is 16.5. The third kappa shape index (κ3) is 7.92. The molecule has 0 saturated heterocycles. The third-order valence-electron chi connectivity index (χ3n) is 14.5. The van der Waals surface area contributed by atoms with Gasteiger partial charge < -0.3 is 14.5 Å². The van der Waals surface area contributed by atoms with Gasteiger partial charge in [0.15, 0.2) is 0 Å². The molecule has 8 aromatic carbocycles. The van der Waals surface area contributed by atoms with Gasteiger partial charge in [-0.05, 0) is 106 Å². The van der Waals surface area contributed by atoms with Crippen LogP contribution in [0.1, 0.15) is 76.3 Å². The minimum Gasteiger partial charge on any atom is -0.457 e. The molecule has 11 rings (SSSR count). The number of benzene rings is 8. The lowest BCUT2D eigenvalue weighted by Gasteiger charge is -2.30. The van der Waals surface area contributed by atoms with Gasteiger partial charge >= 0.3 is 0 Å². The first-order valence-electron chi connectivity index (χ1n) is 24.1. The zero-order chi connectivity index (χ0) is 47.5. The van der Waals surface area contributed by atoms with E-state index in [4.69, 9.17) is 9.72 Å². The summed E-state index contributed by atoms with van der Waals surface area (Å²) in [7, 11) is 0. The van der Waals surface area contributed by atoms with Crippen molar-refractivity contribution < 1.29 is 4.74 Å². The minimum atomic E-state index is -0.375. The molecule has 0 N–H and O–H groups in total. The highest BCUT2D eigenvalue weighted by Crippen LogP contribution is 2.48. The SMILES string of the molecule is CC(C)(C)c1cccc(N2CN(c3ccc(C(C)(C)c4ccccc4)c(Oc4ccc5c6cc(-c7ccccc7)ccc6n(-c6cc(C(C)(C)c7ccccc7)ccn6)c5c4)c3)c3ccccc32)c1.